The van der Waals surface area contributed by atoms with Crippen molar-refractivity contribution in [2.45, 2.75) is 109 Å². The van der Waals surface area contributed by atoms with E-state index in [4.69, 9.17) is 9.47 Å². The maximum atomic E-state index is 13.2. The zero-order valence-electron chi connectivity index (χ0n) is 22.1. The molecule has 3 N–H and O–H groups in total. The zero-order chi connectivity index (χ0) is 25.3. The lowest BCUT2D eigenvalue weighted by Gasteiger charge is -2.59. The zero-order valence-corrected chi connectivity index (χ0v) is 22.1. The molecule has 0 aromatic heterocycles. The van der Waals surface area contributed by atoms with Crippen LogP contribution in [-0.4, -0.2) is 64.5 Å². The predicted molar refractivity (Wildman–Crippen MR) is 134 cm³/mol. The topological polar surface area (TPSA) is 91.3 Å². The van der Waals surface area contributed by atoms with Crippen molar-refractivity contribution in [1.82, 2.24) is 10.2 Å². The smallest absolute Gasteiger partial charge is 0.323 e. The minimum Gasteiger partial charge on any atom is -0.504 e. The average molecular weight is 487 g/mol. The Labute approximate surface area is 209 Å². The lowest BCUT2D eigenvalue weighted by atomic mass is 9.51. The molecule has 7 heteroatoms. The summed E-state index contributed by atoms with van der Waals surface area (Å²) in [6, 6.07) is 1.97. The highest BCUT2D eigenvalue weighted by Crippen LogP contribution is 2.64. The van der Waals surface area contributed by atoms with Gasteiger partial charge in [-0.05, 0) is 89.9 Å². The lowest BCUT2D eigenvalue weighted by molar-refractivity contribution is -0.159. The molecular weight excluding hydrogens is 444 g/mol. The highest BCUT2D eigenvalue weighted by molar-refractivity contribution is 5.76. The van der Waals surface area contributed by atoms with Gasteiger partial charge >= 0.3 is 5.97 Å². The number of nitrogens with zero attached hydrogens (tertiary/aromatic N) is 1. The van der Waals surface area contributed by atoms with Gasteiger partial charge in [0, 0.05) is 28.6 Å². The molecule has 2 heterocycles. The summed E-state index contributed by atoms with van der Waals surface area (Å²) in [5, 5.41) is 24.7. The number of carbonyl (C=O) groups excluding carboxylic acids is 1. The first kappa shape index (κ1) is 24.8. The number of likely N-dealkylation sites (tertiary alicyclic amines) is 1. The number of carbonyl (C=O) groups is 1. The summed E-state index contributed by atoms with van der Waals surface area (Å²) in [7, 11) is 2.22. The number of aromatic hydroxyl groups is 1. The third kappa shape index (κ3) is 3.94. The summed E-state index contributed by atoms with van der Waals surface area (Å²) in [4.78, 5) is 15.7. The Kier molecular flexibility index (Phi) is 6.13. The van der Waals surface area contributed by atoms with E-state index in [1.54, 1.807) is 0 Å². The Morgan fingerprint density at radius 3 is 2.74 bits per heavy atom. The maximum Gasteiger partial charge on any atom is 0.323 e. The van der Waals surface area contributed by atoms with Crippen molar-refractivity contribution in [2.75, 3.05) is 13.6 Å². The lowest BCUT2D eigenvalue weighted by Crippen LogP contribution is -2.69. The Bertz CT molecular complexity index is 1000. The van der Waals surface area contributed by atoms with Crippen LogP contribution in [-0.2, 0) is 28.0 Å². The van der Waals surface area contributed by atoms with Crippen molar-refractivity contribution >= 4 is 5.97 Å². The molecule has 3 unspecified atom stereocenters. The van der Waals surface area contributed by atoms with E-state index in [-0.39, 0.29) is 35.9 Å². The first-order valence-electron chi connectivity index (χ1n) is 13.3. The van der Waals surface area contributed by atoms with Gasteiger partial charge in [0.15, 0.2) is 11.5 Å². The van der Waals surface area contributed by atoms with Gasteiger partial charge in [0.2, 0.25) is 0 Å². The van der Waals surface area contributed by atoms with Crippen LogP contribution < -0.4 is 10.1 Å². The largest absolute Gasteiger partial charge is 0.504 e. The van der Waals surface area contributed by atoms with E-state index in [0.29, 0.717) is 35.6 Å². The number of piperidine rings is 1. The third-order valence-corrected chi connectivity index (χ3v) is 8.77. The van der Waals surface area contributed by atoms with Gasteiger partial charge in [0.1, 0.15) is 17.7 Å². The summed E-state index contributed by atoms with van der Waals surface area (Å²) in [6.07, 6.45) is 4.38. The number of rotatable bonds is 6. The molecule has 2 aliphatic carbocycles. The molecule has 5 rings (SSSR count). The van der Waals surface area contributed by atoms with E-state index >= 15 is 0 Å². The van der Waals surface area contributed by atoms with E-state index in [2.05, 4.69) is 31.1 Å². The number of hydrogen-bond acceptors (Lipinski definition) is 7. The van der Waals surface area contributed by atoms with Gasteiger partial charge in [-0.1, -0.05) is 13.8 Å². The third-order valence-electron chi connectivity index (χ3n) is 8.77. The second kappa shape index (κ2) is 8.63. The molecule has 2 bridgehead atoms. The first-order chi connectivity index (χ1) is 16.5. The van der Waals surface area contributed by atoms with Crippen molar-refractivity contribution in [3.63, 3.8) is 0 Å². The molecule has 1 saturated carbocycles. The summed E-state index contributed by atoms with van der Waals surface area (Å²) in [5.74, 6) is 1.22. The number of phenols is 1. The van der Waals surface area contributed by atoms with Crippen LogP contribution in [0.15, 0.2) is 6.07 Å². The molecule has 2 aliphatic heterocycles. The van der Waals surface area contributed by atoms with Crippen molar-refractivity contribution < 1.29 is 24.5 Å². The summed E-state index contributed by atoms with van der Waals surface area (Å²) < 4.78 is 12.5. The fourth-order valence-electron chi connectivity index (χ4n) is 7.50. The van der Waals surface area contributed by atoms with Crippen LogP contribution in [0.4, 0.5) is 0 Å². The second-order valence-corrected chi connectivity index (χ2v) is 12.7. The normalized spacial score (nSPS) is 32.2. The Balaban J connectivity index is 1.53. The maximum absolute atomic E-state index is 13.2. The molecular formula is C28H42N2O5. The number of aliphatic hydroxyl groups is 1. The highest BCUT2D eigenvalue weighted by atomic mass is 16.6. The number of ether oxygens (including phenoxy) is 2. The molecule has 7 nitrogen and oxygen atoms in total. The minimum atomic E-state index is -0.545. The second-order valence-electron chi connectivity index (χ2n) is 12.7. The monoisotopic (exact) mass is 486 g/mol. The summed E-state index contributed by atoms with van der Waals surface area (Å²) >= 11 is 0. The Morgan fingerprint density at radius 1 is 1.34 bits per heavy atom. The van der Waals surface area contributed by atoms with Gasteiger partial charge in [0.25, 0.3) is 0 Å². The molecule has 4 aliphatic rings. The number of likely N-dealkylation sites (N-methyl/N-ethyl adjacent to an activating group) is 1. The van der Waals surface area contributed by atoms with Crippen LogP contribution >= 0.6 is 0 Å². The van der Waals surface area contributed by atoms with Crippen LogP contribution in [0.1, 0.15) is 77.0 Å². The predicted octanol–water partition coefficient (Wildman–Crippen LogP) is 3.27. The number of esters is 1. The molecule has 0 radical (unpaired) electrons. The van der Waals surface area contributed by atoms with Gasteiger partial charge in [-0.25, -0.2) is 0 Å². The Morgan fingerprint density at radius 2 is 2.09 bits per heavy atom. The Hall–Kier alpha value is -1.83. The number of aliphatic hydroxyl groups excluding tert-OH is 1. The minimum absolute atomic E-state index is 0.0260. The van der Waals surface area contributed by atoms with E-state index < -0.39 is 11.6 Å². The SMILES string of the molecule is CC(C)CC(NC1CC[C@H]2[C@H]3Cc4cc(CO)c(O)c5c4[C@@]2(CCN3C)C1O5)C(=O)OC(C)(C)C. The molecule has 1 aromatic carbocycles. The average Bonchev–Trinajstić information content (AvgIpc) is 3.12. The number of benzene rings is 1. The van der Waals surface area contributed by atoms with Crippen LogP contribution in [0, 0.1) is 11.8 Å². The van der Waals surface area contributed by atoms with Gasteiger partial charge in [-0.3, -0.25) is 10.1 Å². The summed E-state index contributed by atoms with van der Waals surface area (Å²) in [5.41, 5.74) is 2.16. The van der Waals surface area contributed by atoms with Gasteiger partial charge in [0.05, 0.1) is 6.61 Å². The standard InChI is InChI=1S/C28H42N2O5/c1-15(2)11-20(26(33)35-27(3,4)5)29-19-8-7-18-21-13-16-12-17(14-31)23(32)24-22(16)28(18,25(19)34-24)9-10-30(21)6/h12,15,18-21,25,29,31-32H,7-11,13-14H2,1-6H3/t18-,19?,20?,21+,25?,28-/m0/s1. The molecule has 6 atom stereocenters. The van der Waals surface area contributed by atoms with Crippen LogP contribution in [0.2, 0.25) is 0 Å². The molecule has 194 valence electrons. The van der Waals surface area contributed by atoms with Crippen molar-refractivity contribution in [2.24, 2.45) is 11.8 Å². The van der Waals surface area contributed by atoms with Crippen molar-refractivity contribution in [3.05, 3.63) is 22.8 Å². The van der Waals surface area contributed by atoms with Gasteiger partial charge < -0.3 is 24.6 Å². The van der Waals surface area contributed by atoms with E-state index in [1.165, 1.54) is 5.56 Å². The molecule has 1 saturated heterocycles. The molecule has 1 spiro atoms. The first-order valence-corrected chi connectivity index (χ1v) is 13.3. The van der Waals surface area contributed by atoms with Gasteiger partial charge in [-0.15, -0.1) is 0 Å². The van der Waals surface area contributed by atoms with Gasteiger partial charge in [-0.2, -0.15) is 0 Å². The highest BCUT2D eigenvalue weighted by Gasteiger charge is 2.65. The van der Waals surface area contributed by atoms with Crippen LogP contribution in [0.5, 0.6) is 11.5 Å². The van der Waals surface area contributed by atoms with Crippen molar-refractivity contribution in [1.29, 1.82) is 0 Å². The fourth-order valence-corrected chi connectivity index (χ4v) is 7.50. The van der Waals surface area contributed by atoms with Crippen LogP contribution in [0.3, 0.4) is 0 Å². The molecule has 2 fully saturated rings. The number of hydrogen-bond donors (Lipinski definition) is 3. The number of nitrogens with one attached hydrogen (secondary N) is 1. The van der Waals surface area contributed by atoms with Crippen LogP contribution in [0.25, 0.3) is 0 Å². The van der Waals surface area contributed by atoms with E-state index in [1.807, 2.05) is 26.8 Å². The molecule has 1 aromatic rings. The molecule has 35 heavy (non-hydrogen) atoms. The summed E-state index contributed by atoms with van der Waals surface area (Å²) in [6.45, 7) is 10.7. The van der Waals surface area contributed by atoms with E-state index in [0.717, 1.165) is 37.8 Å². The van der Waals surface area contributed by atoms with E-state index in [9.17, 15) is 15.0 Å². The van der Waals surface area contributed by atoms with Crippen molar-refractivity contribution in [3.8, 4) is 11.5 Å². The fraction of sp³-hybridized carbons (Fsp3) is 0.750. The molecule has 0 amide bonds. The quantitative estimate of drug-likeness (QED) is 0.532.